The summed E-state index contributed by atoms with van der Waals surface area (Å²) in [5.41, 5.74) is 1.61. The summed E-state index contributed by atoms with van der Waals surface area (Å²) in [6.07, 6.45) is 0. The van der Waals surface area contributed by atoms with Crippen molar-refractivity contribution in [3.63, 3.8) is 0 Å². The number of rotatable bonds is 5. The largest absolute Gasteiger partial charge is 0.495 e. The first kappa shape index (κ1) is 16.7. The molecule has 0 aliphatic heterocycles. The van der Waals surface area contributed by atoms with Crippen LogP contribution in [0.5, 0.6) is 5.75 Å². The maximum atomic E-state index is 12.3. The van der Waals surface area contributed by atoms with Crippen LogP contribution in [0.2, 0.25) is 5.02 Å². The Labute approximate surface area is 139 Å². The molecule has 1 atom stereocenters. The third-order valence-corrected chi connectivity index (χ3v) is 3.53. The summed E-state index contributed by atoms with van der Waals surface area (Å²) in [5, 5.41) is 15.3. The lowest BCUT2D eigenvalue weighted by Crippen LogP contribution is -2.32. The van der Waals surface area contributed by atoms with E-state index in [2.05, 4.69) is 10.6 Å². The van der Waals surface area contributed by atoms with Gasteiger partial charge in [0.15, 0.2) is 0 Å². The van der Waals surface area contributed by atoms with E-state index in [0.29, 0.717) is 27.7 Å². The number of carbonyl (C=O) groups is 1. The Balaban J connectivity index is 2.06. The van der Waals surface area contributed by atoms with Gasteiger partial charge in [-0.25, -0.2) is 0 Å². The van der Waals surface area contributed by atoms with Crippen LogP contribution >= 0.6 is 11.6 Å². The molecule has 0 bridgehead atoms. The topological polar surface area (TPSA) is 74.2 Å². The molecule has 0 aliphatic carbocycles. The normalized spacial score (nSPS) is 11.2. The van der Waals surface area contributed by atoms with Crippen molar-refractivity contribution in [2.75, 3.05) is 17.7 Å². The molecule has 2 rings (SSSR count). The number of nitrogens with zero attached hydrogens (tertiary/aromatic N) is 1. The summed E-state index contributed by atoms with van der Waals surface area (Å²) < 4.78 is 5.09. The molecule has 23 heavy (non-hydrogen) atoms. The minimum Gasteiger partial charge on any atom is -0.495 e. The number of amides is 1. The second kappa shape index (κ2) is 7.52. The lowest BCUT2D eigenvalue weighted by Gasteiger charge is -2.16. The summed E-state index contributed by atoms with van der Waals surface area (Å²) in [4.78, 5) is 12.3. The molecule has 0 spiro atoms. The number of hydrogen-bond donors (Lipinski definition) is 2. The van der Waals surface area contributed by atoms with Crippen LogP contribution in [-0.4, -0.2) is 19.1 Å². The van der Waals surface area contributed by atoms with Gasteiger partial charge < -0.3 is 15.4 Å². The van der Waals surface area contributed by atoms with Crippen molar-refractivity contribution >= 4 is 28.9 Å². The lowest BCUT2D eigenvalue weighted by atomic mass is 10.2. The molecule has 0 saturated heterocycles. The number of anilines is 2. The van der Waals surface area contributed by atoms with E-state index in [1.807, 2.05) is 6.07 Å². The van der Waals surface area contributed by atoms with E-state index in [1.165, 1.54) is 7.11 Å². The van der Waals surface area contributed by atoms with Crippen LogP contribution in [0.4, 0.5) is 11.4 Å². The summed E-state index contributed by atoms with van der Waals surface area (Å²) in [7, 11) is 1.54. The van der Waals surface area contributed by atoms with Gasteiger partial charge in [-0.15, -0.1) is 0 Å². The van der Waals surface area contributed by atoms with Gasteiger partial charge in [0.25, 0.3) is 0 Å². The smallest absolute Gasteiger partial charge is 0.246 e. The van der Waals surface area contributed by atoms with E-state index >= 15 is 0 Å². The first-order chi connectivity index (χ1) is 11.0. The Hall–Kier alpha value is -2.71. The van der Waals surface area contributed by atoms with Gasteiger partial charge in [-0.05, 0) is 37.3 Å². The number of carbonyl (C=O) groups excluding carboxylic acids is 1. The Morgan fingerprint density at radius 2 is 2.04 bits per heavy atom. The highest BCUT2D eigenvalue weighted by Gasteiger charge is 2.15. The molecule has 1 amide bonds. The molecule has 118 valence electrons. The molecule has 6 heteroatoms. The summed E-state index contributed by atoms with van der Waals surface area (Å²) in [5.74, 6) is 0.317. The molecule has 5 nitrogen and oxygen atoms in total. The van der Waals surface area contributed by atoms with Crippen LogP contribution in [-0.2, 0) is 4.79 Å². The van der Waals surface area contributed by atoms with Gasteiger partial charge in [0.05, 0.1) is 23.4 Å². The monoisotopic (exact) mass is 329 g/mol. The molecule has 2 aromatic carbocycles. The predicted octanol–water partition coefficient (Wildman–Crippen LogP) is 3.66. The molecule has 0 radical (unpaired) electrons. The summed E-state index contributed by atoms with van der Waals surface area (Å²) >= 11 is 6.06. The van der Waals surface area contributed by atoms with E-state index in [9.17, 15) is 4.79 Å². The quantitative estimate of drug-likeness (QED) is 0.878. The predicted molar refractivity (Wildman–Crippen MR) is 90.9 cm³/mol. The fraction of sp³-hybridized carbons (Fsp3) is 0.176. The third kappa shape index (κ3) is 4.15. The molecule has 0 unspecified atom stereocenters. The van der Waals surface area contributed by atoms with E-state index < -0.39 is 6.04 Å². The van der Waals surface area contributed by atoms with E-state index in [0.717, 1.165) is 0 Å². The fourth-order valence-electron chi connectivity index (χ4n) is 2.00. The number of halogens is 1. The van der Waals surface area contributed by atoms with Crippen molar-refractivity contribution in [2.24, 2.45) is 0 Å². The second-order valence-electron chi connectivity index (χ2n) is 4.86. The number of ether oxygens (including phenoxy) is 1. The van der Waals surface area contributed by atoms with Crippen LogP contribution in [0, 0.1) is 11.3 Å². The molecular weight excluding hydrogens is 314 g/mol. The van der Waals surface area contributed by atoms with Gasteiger partial charge >= 0.3 is 0 Å². The lowest BCUT2D eigenvalue weighted by molar-refractivity contribution is -0.116. The zero-order valence-corrected chi connectivity index (χ0v) is 13.5. The van der Waals surface area contributed by atoms with Gasteiger partial charge in [-0.1, -0.05) is 23.7 Å². The average Bonchev–Trinajstić information content (AvgIpc) is 2.55. The molecule has 0 aliphatic rings. The molecule has 2 N–H and O–H groups in total. The van der Waals surface area contributed by atoms with Crippen molar-refractivity contribution in [2.45, 2.75) is 13.0 Å². The van der Waals surface area contributed by atoms with E-state index in [1.54, 1.807) is 49.4 Å². The van der Waals surface area contributed by atoms with Crippen molar-refractivity contribution in [3.8, 4) is 11.8 Å². The van der Waals surface area contributed by atoms with Crippen LogP contribution in [0.1, 0.15) is 12.5 Å². The van der Waals surface area contributed by atoms with Gasteiger partial charge in [0.1, 0.15) is 17.9 Å². The zero-order valence-electron chi connectivity index (χ0n) is 12.8. The standard InChI is InChI=1S/C17H16ClN3O2/c1-11(20-13-7-8-16(23-2)14(18)9-13)17(22)21-15-6-4-3-5-12(15)10-19/h3-9,11,20H,1-2H3,(H,21,22)/t11-/m0/s1. The second-order valence-corrected chi connectivity index (χ2v) is 5.27. The number of nitrogens with one attached hydrogen (secondary N) is 2. The maximum Gasteiger partial charge on any atom is 0.246 e. The Morgan fingerprint density at radius 3 is 2.70 bits per heavy atom. The molecule has 0 heterocycles. The molecule has 2 aromatic rings. The minimum absolute atomic E-state index is 0.250. The van der Waals surface area contributed by atoms with Crippen molar-refractivity contribution in [3.05, 3.63) is 53.1 Å². The molecular formula is C17H16ClN3O2. The number of nitriles is 1. The fourth-order valence-corrected chi connectivity index (χ4v) is 2.26. The van der Waals surface area contributed by atoms with Gasteiger partial charge in [0.2, 0.25) is 5.91 Å². The van der Waals surface area contributed by atoms with Gasteiger partial charge in [0, 0.05) is 5.69 Å². The highest BCUT2D eigenvalue weighted by atomic mass is 35.5. The molecule has 0 saturated carbocycles. The third-order valence-electron chi connectivity index (χ3n) is 3.23. The van der Waals surface area contributed by atoms with Crippen LogP contribution in [0.3, 0.4) is 0 Å². The summed E-state index contributed by atoms with van der Waals surface area (Å²) in [6, 6.07) is 13.6. The summed E-state index contributed by atoms with van der Waals surface area (Å²) in [6.45, 7) is 1.72. The number of para-hydroxylation sites is 1. The first-order valence-electron chi connectivity index (χ1n) is 6.95. The Bertz CT molecular complexity index is 756. The SMILES string of the molecule is COc1ccc(N[C@@H](C)C(=O)Nc2ccccc2C#N)cc1Cl. The van der Waals surface area contributed by atoms with Crippen molar-refractivity contribution in [1.29, 1.82) is 5.26 Å². The molecule has 0 aromatic heterocycles. The maximum absolute atomic E-state index is 12.3. The number of benzene rings is 2. The average molecular weight is 330 g/mol. The van der Waals surface area contributed by atoms with Gasteiger partial charge in [-0.3, -0.25) is 4.79 Å². The Kier molecular flexibility index (Phi) is 5.45. The number of methoxy groups -OCH3 is 1. The van der Waals surface area contributed by atoms with Crippen molar-refractivity contribution in [1.82, 2.24) is 0 Å². The van der Waals surface area contributed by atoms with E-state index in [4.69, 9.17) is 21.6 Å². The van der Waals surface area contributed by atoms with Crippen molar-refractivity contribution < 1.29 is 9.53 Å². The van der Waals surface area contributed by atoms with Crippen LogP contribution in [0.25, 0.3) is 0 Å². The van der Waals surface area contributed by atoms with Gasteiger partial charge in [-0.2, -0.15) is 5.26 Å². The van der Waals surface area contributed by atoms with Crippen LogP contribution < -0.4 is 15.4 Å². The highest BCUT2D eigenvalue weighted by Crippen LogP contribution is 2.27. The zero-order chi connectivity index (χ0) is 16.8. The molecule has 0 fully saturated rings. The first-order valence-corrected chi connectivity index (χ1v) is 7.33. The Morgan fingerprint density at radius 1 is 1.30 bits per heavy atom. The minimum atomic E-state index is -0.508. The van der Waals surface area contributed by atoms with Crippen LogP contribution in [0.15, 0.2) is 42.5 Å². The van der Waals surface area contributed by atoms with E-state index in [-0.39, 0.29) is 5.91 Å². The highest BCUT2D eigenvalue weighted by molar-refractivity contribution is 6.32. The number of hydrogen-bond acceptors (Lipinski definition) is 4.